The number of fused-ring (bicyclic) bond motifs is 1. The van der Waals surface area contributed by atoms with E-state index in [1.807, 2.05) is 68.4 Å². The van der Waals surface area contributed by atoms with Crippen molar-refractivity contribution in [2.75, 3.05) is 18.5 Å². The molecule has 1 unspecified atom stereocenters. The summed E-state index contributed by atoms with van der Waals surface area (Å²) in [5.74, 6) is -0.617. The molecular weight excluding hydrogens is 355 g/mol. The number of aromatic nitrogens is 1. The quantitative estimate of drug-likeness (QED) is 0.513. The predicted molar refractivity (Wildman–Crippen MR) is 103 cm³/mol. The van der Waals surface area contributed by atoms with Crippen molar-refractivity contribution in [2.24, 2.45) is 0 Å². The molecule has 1 heterocycles. The summed E-state index contributed by atoms with van der Waals surface area (Å²) in [5, 5.41) is 3.98. The van der Waals surface area contributed by atoms with Gasteiger partial charge in [0.25, 0.3) is 0 Å². The molecule has 3 rings (SSSR count). The summed E-state index contributed by atoms with van der Waals surface area (Å²) in [4.78, 5) is 4.59. The van der Waals surface area contributed by atoms with Gasteiger partial charge in [0.1, 0.15) is 0 Å². The first kappa shape index (κ1) is 18.1. The van der Waals surface area contributed by atoms with Gasteiger partial charge in [-0.05, 0) is 31.5 Å². The van der Waals surface area contributed by atoms with Gasteiger partial charge in [0.05, 0.1) is 23.4 Å². The van der Waals surface area contributed by atoms with E-state index in [4.69, 9.17) is 9.05 Å². The lowest BCUT2D eigenvalue weighted by molar-refractivity contribution is 0.214. The summed E-state index contributed by atoms with van der Waals surface area (Å²) >= 11 is 1.52. The summed E-state index contributed by atoms with van der Waals surface area (Å²) in [5.41, 5.74) is 1.75. The Morgan fingerprint density at radius 1 is 1.04 bits per heavy atom. The molecule has 0 bridgehead atoms. The lowest BCUT2D eigenvalue weighted by Gasteiger charge is -2.27. The van der Waals surface area contributed by atoms with Crippen LogP contribution < -0.4 is 5.32 Å². The molecule has 7 heteroatoms. The minimum absolute atomic E-state index is 0.308. The van der Waals surface area contributed by atoms with Crippen molar-refractivity contribution in [3.63, 3.8) is 0 Å². The SMILES string of the molecule is CCOP(=O)(OCC)C(Nc1nc2ccccc2s1)c1ccccc1. The van der Waals surface area contributed by atoms with E-state index in [0.717, 1.165) is 15.8 Å². The monoisotopic (exact) mass is 376 g/mol. The van der Waals surface area contributed by atoms with Crippen LogP contribution in [0.3, 0.4) is 0 Å². The highest BCUT2D eigenvalue weighted by Crippen LogP contribution is 2.60. The first-order chi connectivity index (χ1) is 12.2. The molecule has 5 nitrogen and oxygen atoms in total. The maximum atomic E-state index is 13.4. The average molecular weight is 376 g/mol. The minimum atomic E-state index is -3.40. The Morgan fingerprint density at radius 2 is 1.68 bits per heavy atom. The molecule has 2 aromatic carbocycles. The normalized spacial score (nSPS) is 13.0. The van der Waals surface area contributed by atoms with E-state index < -0.39 is 13.4 Å². The van der Waals surface area contributed by atoms with Crippen molar-refractivity contribution in [1.29, 1.82) is 0 Å². The number of thiazole rings is 1. The summed E-state index contributed by atoms with van der Waals surface area (Å²) < 4.78 is 25.6. The average Bonchev–Trinajstić information content (AvgIpc) is 3.03. The summed E-state index contributed by atoms with van der Waals surface area (Å²) in [6.07, 6.45) is 0. The molecule has 25 heavy (non-hydrogen) atoms. The van der Waals surface area contributed by atoms with E-state index in [-0.39, 0.29) is 0 Å². The molecule has 0 saturated carbocycles. The highest BCUT2D eigenvalue weighted by molar-refractivity contribution is 7.54. The van der Waals surface area contributed by atoms with Crippen LogP contribution in [-0.2, 0) is 13.6 Å². The number of nitrogens with zero attached hydrogens (tertiary/aromatic N) is 1. The highest BCUT2D eigenvalue weighted by Gasteiger charge is 2.37. The van der Waals surface area contributed by atoms with Gasteiger partial charge in [0.2, 0.25) is 0 Å². The number of nitrogens with one attached hydrogen (secondary N) is 1. The molecular formula is C18H21N2O3PS. The third-order valence-corrected chi connectivity index (χ3v) is 6.87. The van der Waals surface area contributed by atoms with Gasteiger partial charge in [-0.1, -0.05) is 53.8 Å². The lowest BCUT2D eigenvalue weighted by Crippen LogP contribution is -2.15. The fourth-order valence-corrected chi connectivity index (χ4v) is 5.47. The Hall–Kier alpha value is -1.72. The van der Waals surface area contributed by atoms with Crippen LogP contribution in [0.25, 0.3) is 10.2 Å². The number of para-hydroxylation sites is 1. The van der Waals surface area contributed by atoms with Crippen molar-refractivity contribution in [3.05, 3.63) is 60.2 Å². The van der Waals surface area contributed by atoms with Crippen LogP contribution in [0, 0.1) is 0 Å². The minimum Gasteiger partial charge on any atom is -0.344 e. The number of hydrogen-bond donors (Lipinski definition) is 1. The molecule has 0 aliphatic heterocycles. The van der Waals surface area contributed by atoms with Gasteiger partial charge in [-0.2, -0.15) is 0 Å². The summed E-state index contributed by atoms with van der Waals surface area (Å²) in [6, 6.07) is 17.5. The first-order valence-electron chi connectivity index (χ1n) is 8.22. The van der Waals surface area contributed by atoms with Gasteiger partial charge in [-0.25, -0.2) is 4.98 Å². The predicted octanol–water partition coefficient (Wildman–Crippen LogP) is 5.67. The maximum Gasteiger partial charge on any atom is 0.357 e. The van der Waals surface area contributed by atoms with Crippen molar-refractivity contribution >= 4 is 34.3 Å². The number of benzene rings is 2. The molecule has 0 saturated heterocycles. The molecule has 3 aromatic rings. The Labute approximate surface area is 151 Å². The van der Waals surface area contributed by atoms with Gasteiger partial charge in [-0.15, -0.1) is 0 Å². The fourth-order valence-electron chi connectivity index (χ4n) is 2.58. The topological polar surface area (TPSA) is 60.5 Å². The Kier molecular flexibility index (Phi) is 5.86. The molecule has 0 aliphatic rings. The molecule has 0 amide bonds. The van der Waals surface area contributed by atoms with Crippen molar-refractivity contribution in [1.82, 2.24) is 4.98 Å². The van der Waals surface area contributed by atoms with Gasteiger partial charge in [0.15, 0.2) is 10.9 Å². The van der Waals surface area contributed by atoms with Crippen LogP contribution in [0.2, 0.25) is 0 Å². The third kappa shape index (κ3) is 4.10. The maximum absolute atomic E-state index is 13.4. The molecule has 1 atom stereocenters. The zero-order chi connectivity index (χ0) is 17.7. The van der Waals surface area contributed by atoms with E-state index in [1.165, 1.54) is 11.3 Å². The van der Waals surface area contributed by atoms with Gasteiger partial charge < -0.3 is 14.4 Å². The Bertz CT molecular complexity index is 826. The molecule has 132 valence electrons. The van der Waals surface area contributed by atoms with Crippen LogP contribution in [0.1, 0.15) is 25.2 Å². The summed E-state index contributed by atoms with van der Waals surface area (Å²) in [7, 11) is -3.40. The fraction of sp³-hybridized carbons (Fsp3) is 0.278. The Morgan fingerprint density at radius 3 is 2.32 bits per heavy atom. The summed E-state index contributed by atoms with van der Waals surface area (Å²) in [6.45, 7) is 4.24. The van der Waals surface area contributed by atoms with Gasteiger partial charge in [-0.3, -0.25) is 4.57 Å². The molecule has 1 N–H and O–H groups in total. The number of rotatable bonds is 8. The van der Waals surface area contributed by atoms with E-state index in [0.29, 0.717) is 18.3 Å². The molecule has 0 fully saturated rings. The second kappa shape index (κ2) is 8.11. The van der Waals surface area contributed by atoms with Crippen LogP contribution in [-0.4, -0.2) is 18.2 Å². The van der Waals surface area contributed by atoms with Crippen molar-refractivity contribution in [2.45, 2.75) is 19.6 Å². The third-order valence-electron chi connectivity index (χ3n) is 3.60. The van der Waals surface area contributed by atoms with Crippen LogP contribution in [0.5, 0.6) is 0 Å². The first-order valence-corrected chi connectivity index (χ1v) is 10.6. The zero-order valence-corrected chi connectivity index (χ0v) is 15.9. The van der Waals surface area contributed by atoms with Crippen LogP contribution >= 0.6 is 18.9 Å². The molecule has 0 radical (unpaired) electrons. The number of anilines is 1. The van der Waals surface area contributed by atoms with Crippen LogP contribution in [0.4, 0.5) is 5.13 Å². The largest absolute Gasteiger partial charge is 0.357 e. The van der Waals surface area contributed by atoms with E-state index in [9.17, 15) is 4.57 Å². The van der Waals surface area contributed by atoms with E-state index in [2.05, 4.69) is 10.3 Å². The van der Waals surface area contributed by atoms with Crippen LogP contribution in [0.15, 0.2) is 54.6 Å². The number of hydrogen-bond acceptors (Lipinski definition) is 6. The van der Waals surface area contributed by atoms with Gasteiger partial charge in [0, 0.05) is 0 Å². The van der Waals surface area contributed by atoms with Crippen molar-refractivity contribution < 1.29 is 13.6 Å². The second-order valence-corrected chi connectivity index (χ2v) is 8.46. The van der Waals surface area contributed by atoms with Gasteiger partial charge >= 0.3 is 7.60 Å². The highest BCUT2D eigenvalue weighted by atomic mass is 32.1. The standard InChI is InChI=1S/C18H21N2O3PS/c1-3-22-24(21,23-4-2)17(14-10-6-5-7-11-14)20-18-19-15-12-8-9-13-16(15)25-18/h5-13,17H,3-4H2,1-2H3,(H,19,20). The molecule has 1 aromatic heterocycles. The second-order valence-electron chi connectivity index (χ2n) is 5.32. The lowest BCUT2D eigenvalue weighted by atomic mass is 10.2. The zero-order valence-electron chi connectivity index (χ0n) is 14.2. The van der Waals surface area contributed by atoms with E-state index in [1.54, 1.807) is 0 Å². The molecule has 0 spiro atoms. The van der Waals surface area contributed by atoms with E-state index >= 15 is 0 Å². The Balaban J connectivity index is 1.99. The molecule has 0 aliphatic carbocycles. The van der Waals surface area contributed by atoms with Crippen molar-refractivity contribution in [3.8, 4) is 0 Å². The smallest absolute Gasteiger partial charge is 0.344 e.